The quantitative estimate of drug-likeness (QED) is 0.842. The summed E-state index contributed by atoms with van der Waals surface area (Å²) in [7, 11) is 0. The highest BCUT2D eigenvalue weighted by Crippen LogP contribution is 2.32. The van der Waals surface area contributed by atoms with Crippen molar-refractivity contribution in [2.45, 2.75) is 38.1 Å². The first-order chi connectivity index (χ1) is 8.92. The third-order valence-corrected chi connectivity index (χ3v) is 3.21. The number of nitrogens with one attached hydrogen (secondary N) is 2. The van der Waals surface area contributed by atoms with Crippen molar-refractivity contribution in [2.75, 3.05) is 5.32 Å². The maximum Gasteiger partial charge on any atom is 0.193 e. The number of H-pyrrole nitrogens is 1. The summed E-state index contributed by atoms with van der Waals surface area (Å²) >= 11 is 0. The van der Waals surface area contributed by atoms with Crippen molar-refractivity contribution in [1.29, 1.82) is 0 Å². The molecule has 2 aromatic rings. The fourth-order valence-electron chi connectivity index (χ4n) is 2.28. The molecule has 7 heteroatoms. The van der Waals surface area contributed by atoms with Crippen LogP contribution in [0.4, 0.5) is 5.82 Å². The lowest BCUT2D eigenvalue weighted by molar-refractivity contribution is 0.668. The lowest BCUT2D eigenvalue weighted by atomic mass is 10.1. The van der Waals surface area contributed by atoms with Crippen LogP contribution in [0.3, 0.4) is 0 Å². The molecule has 0 bridgehead atoms. The molecule has 0 spiro atoms. The lowest BCUT2D eigenvalue weighted by Crippen LogP contribution is -2.07. The first-order valence-electron chi connectivity index (χ1n) is 6.21. The molecule has 0 saturated heterocycles. The molecule has 3 rings (SSSR count). The Bertz CT molecular complexity index is 490. The number of anilines is 1. The molecule has 0 aromatic carbocycles. The van der Waals surface area contributed by atoms with Gasteiger partial charge in [0.1, 0.15) is 11.6 Å². The summed E-state index contributed by atoms with van der Waals surface area (Å²) in [5.74, 6) is 2.91. The Hall–Kier alpha value is -2.05. The molecule has 2 heterocycles. The monoisotopic (exact) mass is 245 g/mol. The second-order valence-corrected chi connectivity index (χ2v) is 4.46. The van der Waals surface area contributed by atoms with Gasteiger partial charge in [-0.25, -0.2) is 9.97 Å². The topological polar surface area (TPSA) is 92.3 Å². The summed E-state index contributed by atoms with van der Waals surface area (Å²) in [6, 6.07) is 1.86. The third kappa shape index (κ3) is 2.44. The van der Waals surface area contributed by atoms with Gasteiger partial charge in [-0.3, -0.25) is 0 Å². The van der Waals surface area contributed by atoms with Gasteiger partial charge in [0.15, 0.2) is 5.82 Å². The number of aromatic amines is 1. The average Bonchev–Trinajstić information content (AvgIpc) is 3.10. The molecule has 0 radical (unpaired) electrons. The standard InChI is InChI=1S/C11H15N7/c1-2-4-8(3-1)11-12-6-5-9(14-11)13-7-10-15-17-18-16-10/h5-6,8H,1-4,7H2,(H,12,13,14)(H,15,16,17,18). The second-order valence-electron chi connectivity index (χ2n) is 4.46. The highest BCUT2D eigenvalue weighted by Gasteiger charge is 2.19. The first-order valence-corrected chi connectivity index (χ1v) is 6.21. The van der Waals surface area contributed by atoms with E-state index >= 15 is 0 Å². The second kappa shape index (κ2) is 5.07. The molecule has 1 aliphatic carbocycles. The van der Waals surface area contributed by atoms with Crippen LogP contribution in [0, 0.1) is 0 Å². The zero-order valence-corrected chi connectivity index (χ0v) is 10.0. The van der Waals surface area contributed by atoms with Crippen molar-refractivity contribution in [3.05, 3.63) is 23.9 Å². The van der Waals surface area contributed by atoms with Gasteiger partial charge in [-0.2, -0.15) is 5.21 Å². The Morgan fingerprint density at radius 2 is 2.22 bits per heavy atom. The van der Waals surface area contributed by atoms with E-state index in [0.717, 1.165) is 11.6 Å². The van der Waals surface area contributed by atoms with Crippen LogP contribution < -0.4 is 5.32 Å². The Labute approximate surface area is 104 Å². The Kier molecular flexibility index (Phi) is 3.12. The zero-order chi connectivity index (χ0) is 12.2. The van der Waals surface area contributed by atoms with Crippen molar-refractivity contribution >= 4 is 5.82 Å². The van der Waals surface area contributed by atoms with Crippen LogP contribution in [0.1, 0.15) is 43.3 Å². The maximum atomic E-state index is 4.55. The minimum absolute atomic E-state index is 0.512. The van der Waals surface area contributed by atoms with Crippen LogP contribution in [-0.2, 0) is 6.54 Å². The minimum atomic E-state index is 0.512. The molecule has 18 heavy (non-hydrogen) atoms. The minimum Gasteiger partial charge on any atom is -0.363 e. The smallest absolute Gasteiger partial charge is 0.193 e. The first kappa shape index (κ1) is 11.1. The maximum absolute atomic E-state index is 4.55. The molecule has 0 aliphatic heterocycles. The van der Waals surface area contributed by atoms with E-state index in [4.69, 9.17) is 0 Å². The van der Waals surface area contributed by atoms with Gasteiger partial charge in [-0.1, -0.05) is 18.1 Å². The summed E-state index contributed by atoms with van der Waals surface area (Å²) in [6.07, 6.45) is 6.78. The Balaban J connectivity index is 1.66. The summed E-state index contributed by atoms with van der Waals surface area (Å²) in [6.45, 7) is 0.512. The van der Waals surface area contributed by atoms with Crippen molar-refractivity contribution in [1.82, 2.24) is 30.6 Å². The third-order valence-electron chi connectivity index (χ3n) is 3.21. The van der Waals surface area contributed by atoms with Crippen molar-refractivity contribution in [3.8, 4) is 0 Å². The van der Waals surface area contributed by atoms with Gasteiger partial charge in [0.05, 0.1) is 6.54 Å². The molecular weight excluding hydrogens is 230 g/mol. The van der Waals surface area contributed by atoms with Crippen molar-refractivity contribution in [2.24, 2.45) is 0 Å². The normalized spacial score (nSPS) is 16.0. The molecule has 0 atom stereocenters. The molecule has 1 aliphatic rings. The molecule has 2 N–H and O–H groups in total. The molecule has 0 amide bonds. The van der Waals surface area contributed by atoms with Crippen LogP contribution in [0.2, 0.25) is 0 Å². The number of aromatic nitrogens is 6. The summed E-state index contributed by atoms with van der Waals surface area (Å²) < 4.78 is 0. The van der Waals surface area contributed by atoms with Gasteiger partial charge in [0.25, 0.3) is 0 Å². The summed E-state index contributed by atoms with van der Waals surface area (Å²) in [5, 5.41) is 16.9. The van der Waals surface area contributed by atoms with Gasteiger partial charge >= 0.3 is 0 Å². The Morgan fingerprint density at radius 1 is 1.33 bits per heavy atom. The van der Waals surface area contributed by atoms with E-state index in [2.05, 4.69) is 35.9 Å². The average molecular weight is 245 g/mol. The molecule has 94 valence electrons. The number of hydrogen-bond donors (Lipinski definition) is 2. The molecular formula is C11H15N7. The number of rotatable bonds is 4. The van der Waals surface area contributed by atoms with E-state index in [1.165, 1.54) is 25.7 Å². The van der Waals surface area contributed by atoms with Crippen LogP contribution in [-0.4, -0.2) is 30.6 Å². The molecule has 0 unspecified atom stereocenters. The van der Waals surface area contributed by atoms with Crippen molar-refractivity contribution in [3.63, 3.8) is 0 Å². The molecule has 1 saturated carbocycles. The zero-order valence-electron chi connectivity index (χ0n) is 10.0. The fraction of sp³-hybridized carbons (Fsp3) is 0.545. The molecule has 2 aromatic heterocycles. The van der Waals surface area contributed by atoms with Gasteiger partial charge < -0.3 is 5.32 Å². The van der Waals surface area contributed by atoms with E-state index < -0.39 is 0 Å². The van der Waals surface area contributed by atoms with Crippen LogP contribution in [0.5, 0.6) is 0 Å². The highest BCUT2D eigenvalue weighted by atomic mass is 15.5. The van der Waals surface area contributed by atoms with Crippen LogP contribution >= 0.6 is 0 Å². The van der Waals surface area contributed by atoms with E-state index in [0.29, 0.717) is 18.3 Å². The summed E-state index contributed by atoms with van der Waals surface area (Å²) in [5.41, 5.74) is 0. The van der Waals surface area contributed by atoms with Crippen LogP contribution in [0.25, 0.3) is 0 Å². The predicted molar refractivity (Wildman–Crippen MR) is 64.7 cm³/mol. The fourth-order valence-corrected chi connectivity index (χ4v) is 2.28. The van der Waals surface area contributed by atoms with Crippen LogP contribution in [0.15, 0.2) is 12.3 Å². The predicted octanol–water partition coefficient (Wildman–Crippen LogP) is 1.26. The van der Waals surface area contributed by atoms with E-state index in [-0.39, 0.29) is 0 Å². The van der Waals surface area contributed by atoms with Gasteiger partial charge in [0.2, 0.25) is 0 Å². The highest BCUT2D eigenvalue weighted by molar-refractivity contribution is 5.33. The number of hydrogen-bond acceptors (Lipinski definition) is 6. The van der Waals surface area contributed by atoms with Crippen molar-refractivity contribution < 1.29 is 0 Å². The van der Waals surface area contributed by atoms with E-state index in [1.807, 2.05) is 6.07 Å². The Morgan fingerprint density at radius 3 is 3.00 bits per heavy atom. The van der Waals surface area contributed by atoms with Gasteiger partial charge in [-0.15, -0.1) is 10.2 Å². The van der Waals surface area contributed by atoms with E-state index in [9.17, 15) is 0 Å². The lowest BCUT2D eigenvalue weighted by Gasteiger charge is -2.09. The molecule has 1 fully saturated rings. The van der Waals surface area contributed by atoms with Gasteiger partial charge in [0, 0.05) is 12.1 Å². The van der Waals surface area contributed by atoms with Gasteiger partial charge in [-0.05, 0) is 18.9 Å². The largest absolute Gasteiger partial charge is 0.363 e. The molecule has 7 nitrogen and oxygen atoms in total. The number of nitrogens with zero attached hydrogens (tertiary/aromatic N) is 5. The SMILES string of the molecule is c1cc(NCc2nn[nH]n2)nc(C2CCCC2)n1. The number of tetrazole rings is 1. The van der Waals surface area contributed by atoms with E-state index in [1.54, 1.807) is 6.20 Å². The summed E-state index contributed by atoms with van der Waals surface area (Å²) in [4.78, 5) is 8.91.